The SMILES string of the molecule is CC(C)NC(=O)COc1ccc(Cc2ccc(C3=NCCN3N)cc2)cc1. The van der Waals surface area contributed by atoms with Crippen LogP contribution in [0.2, 0.25) is 0 Å². The molecule has 0 spiro atoms. The van der Waals surface area contributed by atoms with Crippen LogP contribution in [0.15, 0.2) is 53.5 Å². The highest BCUT2D eigenvalue weighted by Gasteiger charge is 2.14. The Morgan fingerprint density at radius 3 is 2.33 bits per heavy atom. The van der Waals surface area contributed by atoms with Crippen molar-refractivity contribution >= 4 is 11.7 Å². The largest absolute Gasteiger partial charge is 0.484 e. The van der Waals surface area contributed by atoms with E-state index in [0.717, 1.165) is 30.9 Å². The molecule has 2 aromatic carbocycles. The van der Waals surface area contributed by atoms with Crippen LogP contribution in [0.1, 0.15) is 30.5 Å². The standard InChI is InChI=1S/C21H26N4O2/c1-15(2)24-20(26)14-27-19-9-5-17(6-10-19)13-16-3-7-18(8-4-16)21-23-11-12-25(21)22/h3-10,15H,11-14,22H2,1-2H3,(H,24,26). The number of amidine groups is 1. The molecule has 0 bridgehead atoms. The molecule has 27 heavy (non-hydrogen) atoms. The minimum absolute atomic E-state index is 0.0288. The van der Waals surface area contributed by atoms with E-state index in [-0.39, 0.29) is 18.6 Å². The fourth-order valence-corrected chi connectivity index (χ4v) is 2.94. The average molecular weight is 366 g/mol. The number of hydrogen-bond acceptors (Lipinski definition) is 5. The van der Waals surface area contributed by atoms with Crippen molar-refractivity contribution in [3.63, 3.8) is 0 Å². The Morgan fingerprint density at radius 2 is 1.78 bits per heavy atom. The van der Waals surface area contributed by atoms with Crippen LogP contribution in [0.25, 0.3) is 0 Å². The molecule has 1 heterocycles. The predicted octanol–water partition coefficient (Wildman–Crippen LogP) is 2.12. The number of hydrazine groups is 1. The molecular weight excluding hydrogens is 340 g/mol. The normalized spacial score (nSPS) is 13.6. The number of nitrogens with two attached hydrogens (primary N) is 1. The van der Waals surface area contributed by atoms with E-state index in [0.29, 0.717) is 5.75 Å². The third-order valence-electron chi connectivity index (χ3n) is 4.24. The van der Waals surface area contributed by atoms with Crippen LogP contribution in [0.5, 0.6) is 5.75 Å². The summed E-state index contributed by atoms with van der Waals surface area (Å²) in [6, 6.07) is 16.3. The van der Waals surface area contributed by atoms with Gasteiger partial charge in [0.25, 0.3) is 5.91 Å². The van der Waals surface area contributed by atoms with Crippen molar-refractivity contribution in [1.29, 1.82) is 0 Å². The summed E-state index contributed by atoms with van der Waals surface area (Å²) >= 11 is 0. The van der Waals surface area contributed by atoms with Crippen LogP contribution in [0.3, 0.4) is 0 Å². The Kier molecular flexibility index (Phi) is 6.08. The van der Waals surface area contributed by atoms with Gasteiger partial charge in [0.05, 0.1) is 13.1 Å². The van der Waals surface area contributed by atoms with Gasteiger partial charge in [-0.15, -0.1) is 0 Å². The van der Waals surface area contributed by atoms with E-state index >= 15 is 0 Å². The zero-order valence-corrected chi connectivity index (χ0v) is 15.8. The number of aliphatic imine (C=N–C) groups is 1. The van der Waals surface area contributed by atoms with Crippen molar-refractivity contribution in [2.24, 2.45) is 10.8 Å². The maximum atomic E-state index is 11.6. The van der Waals surface area contributed by atoms with Crippen molar-refractivity contribution in [3.05, 3.63) is 65.2 Å². The van der Waals surface area contributed by atoms with Gasteiger partial charge in [-0.1, -0.05) is 36.4 Å². The molecule has 0 radical (unpaired) electrons. The fraction of sp³-hybridized carbons (Fsp3) is 0.333. The zero-order chi connectivity index (χ0) is 19.2. The minimum atomic E-state index is -0.114. The molecule has 0 aliphatic carbocycles. The molecule has 1 amide bonds. The fourth-order valence-electron chi connectivity index (χ4n) is 2.94. The Labute approximate surface area is 160 Å². The quantitative estimate of drug-likeness (QED) is 0.736. The summed E-state index contributed by atoms with van der Waals surface area (Å²) in [5.41, 5.74) is 3.44. The molecule has 6 nitrogen and oxygen atoms in total. The summed E-state index contributed by atoms with van der Waals surface area (Å²) in [6.07, 6.45) is 0.827. The molecule has 0 unspecified atom stereocenters. The second-order valence-electron chi connectivity index (χ2n) is 6.93. The van der Waals surface area contributed by atoms with E-state index in [9.17, 15) is 4.79 Å². The highest BCUT2D eigenvalue weighted by molar-refractivity contribution is 5.99. The lowest BCUT2D eigenvalue weighted by atomic mass is 10.0. The number of ether oxygens (including phenoxy) is 1. The molecule has 142 valence electrons. The lowest BCUT2D eigenvalue weighted by Gasteiger charge is -2.13. The summed E-state index contributed by atoms with van der Waals surface area (Å²) in [4.78, 5) is 16.1. The van der Waals surface area contributed by atoms with Crippen molar-refractivity contribution in [2.45, 2.75) is 26.3 Å². The molecule has 3 N–H and O–H groups in total. The first kappa shape index (κ1) is 18.9. The highest BCUT2D eigenvalue weighted by atomic mass is 16.5. The van der Waals surface area contributed by atoms with Gasteiger partial charge in [0, 0.05) is 11.6 Å². The van der Waals surface area contributed by atoms with E-state index in [2.05, 4.69) is 34.6 Å². The van der Waals surface area contributed by atoms with Crippen LogP contribution in [-0.4, -0.2) is 42.5 Å². The molecule has 0 saturated heterocycles. The van der Waals surface area contributed by atoms with Gasteiger partial charge in [-0.3, -0.25) is 14.8 Å². The van der Waals surface area contributed by atoms with Gasteiger partial charge in [-0.2, -0.15) is 0 Å². The number of hydrogen-bond donors (Lipinski definition) is 2. The second kappa shape index (κ2) is 8.68. The summed E-state index contributed by atoms with van der Waals surface area (Å²) in [5.74, 6) is 7.35. The molecule has 0 atom stereocenters. The summed E-state index contributed by atoms with van der Waals surface area (Å²) in [6.45, 7) is 5.39. The first-order valence-electron chi connectivity index (χ1n) is 9.18. The first-order chi connectivity index (χ1) is 13.0. The summed E-state index contributed by atoms with van der Waals surface area (Å²) in [5, 5.41) is 4.49. The number of benzene rings is 2. The third-order valence-corrected chi connectivity index (χ3v) is 4.24. The van der Waals surface area contributed by atoms with Crippen LogP contribution < -0.4 is 15.9 Å². The molecule has 1 aliphatic rings. The second-order valence-corrected chi connectivity index (χ2v) is 6.93. The average Bonchev–Trinajstić information content (AvgIpc) is 3.07. The number of nitrogens with zero attached hydrogens (tertiary/aromatic N) is 2. The first-order valence-corrected chi connectivity index (χ1v) is 9.18. The number of carbonyl (C=O) groups is 1. The van der Waals surface area contributed by atoms with Crippen molar-refractivity contribution in [2.75, 3.05) is 19.7 Å². The molecule has 0 saturated carbocycles. The van der Waals surface area contributed by atoms with E-state index in [1.165, 1.54) is 11.1 Å². The molecule has 0 aromatic heterocycles. The van der Waals surface area contributed by atoms with Gasteiger partial charge in [0.2, 0.25) is 0 Å². The molecule has 0 fully saturated rings. The van der Waals surface area contributed by atoms with Crippen molar-refractivity contribution in [3.8, 4) is 5.75 Å². The van der Waals surface area contributed by atoms with Gasteiger partial charge < -0.3 is 10.1 Å². The maximum Gasteiger partial charge on any atom is 0.258 e. The van der Waals surface area contributed by atoms with E-state index < -0.39 is 0 Å². The molecule has 3 rings (SSSR count). The Hall–Kier alpha value is -2.86. The predicted molar refractivity (Wildman–Crippen MR) is 107 cm³/mol. The van der Waals surface area contributed by atoms with Gasteiger partial charge >= 0.3 is 0 Å². The number of nitrogens with one attached hydrogen (secondary N) is 1. The number of amides is 1. The molecule has 2 aromatic rings. The molecule has 6 heteroatoms. The zero-order valence-electron chi connectivity index (χ0n) is 15.8. The third kappa shape index (κ3) is 5.31. The molecule has 1 aliphatic heterocycles. The van der Waals surface area contributed by atoms with Crippen molar-refractivity contribution < 1.29 is 9.53 Å². The van der Waals surface area contributed by atoms with Crippen LogP contribution in [-0.2, 0) is 11.2 Å². The van der Waals surface area contributed by atoms with E-state index in [1.807, 2.05) is 38.1 Å². The van der Waals surface area contributed by atoms with Gasteiger partial charge in [-0.05, 0) is 43.5 Å². The Morgan fingerprint density at radius 1 is 1.15 bits per heavy atom. The minimum Gasteiger partial charge on any atom is -0.484 e. The van der Waals surface area contributed by atoms with Crippen LogP contribution >= 0.6 is 0 Å². The highest BCUT2D eigenvalue weighted by Crippen LogP contribution is 2.17. The lowest BCUT2D eigenvalue weighted by Crippen LogP contribution is -2.34. The molecular formula is C21H26N4O2. The topological polar surface area (TPSA) is 80.0 Å². The van der Waals surface area contributed by atoms with E-state index in [4.69, 9.17) is 10.6 Å². The lowest BCUT2D eigenvalue weighted by molar-refractivity contribution is -0.123. The van der Waals surface area contributed by atoms with E-state index in [1.54, 1.807) is 5.01 Å². The van der Waals surface area contributed by atoms with Gasteiger partial charge in [-0.25, -0.2) is 5.84 Å². The van der Waals surface area contributed by atoms with Crippen LogP contribution in [0.4, 0.5) is 0 Å². The van der Waals surface area contributed by atoms with Crippen molar-refractivity contribution in [1.82, 2.24) is 10.3 Å². The van der Waals surface area contributed by atoms with Gasteiger partial charge in [0.1, 0.15) is 11.6 Å². The Bertz CT molecular complexity index is 798. The summed E-state index contributed by atoms with van der Waals surface area (Å²) < 4.78 is 5.51. The summed E-state index contributed by atoms with van der Waals surface area (Å²) in [7, 11) is 0. The maximum absolute atomic E-state index is 11.6. The van der Waals surface area contributed by atoms with Crippen LogP contribution in [0, 0.1) is 0 Å². The monoisotopic (exact) mass is 366 g/mol. The Balaban J connectivity index is 1.54. The smallest absolute Gasteiger partial charge is 0.258 e. The van der Waals surface area contributed by atoms with Gasteiger partial charge in [0.15, 0.2) is 6.61 Å². The number of carbonyl (C=O) groups excluding carboxylic acids is 1. The number of rotatable bonds is 7.